The van der Waals surface area contributed by atoms with Gasteiger partial charge in [-0.3, -0.25) is 14.4 Å². The molecule has 2 unspecified atom stereocenters. The van der Waals surface area contributed by atoms with Crippen molar-refractivity contribution in [3.05, 3.63) is 65.2 Å². The van der Waals surface area contributed by atoms with Crippen LogP contribution < -0.4 is 10.6 Å². The lowest BCUT2D eigenvalue weighted by molar-refractivity contribution is -0.145. The van der Waals surface area contributed by atoms with E-state index in [4.69, 9.17) is 4.74 Å². The molecular weight excluding hydrogens is 458 g/mol. The van der Waals surface area contributed by atoms with Crippen molar-refractivity contribution in [2.75, 3.05) is 18.5 Å². The predicted octanol–water partition coefficient (Wildman–Crippen LogP) is 2.32. The van der Waals surface area contributed by atoms with Crippen LogP contribution in [0.3, 0.4) is 0 Å². The maximum absolute atomic E-state index is 13.8. The fourth-order valence-corrected chi connectivity index (χ4v) is 6.44. The van der Waals surface area contributed by atoms with Gasteiger partial charge in [0.05, 0.1) is 24.0 Å². The van der Waals surface area contributed by atoms with Gasteiger partial charge in [-0.25, -0.2) is 0 Å². The molecule has 1 spiro atoms. The van der Waals surface area contributed by atoms with Gasteiger partial charge in [-0.1, -0.05) is 42.5 Å². The fraction of sp³-hybridized carbons (Fsp3) is 0.464. The minimum absolute atomic E-state index is 0.000395. The number of hydrogen-bond donors (Lipinski definition) is 3. The second-order valence-corrected chi connectivity index (χ2v) is 10.5. The van der Waals surface area contributed by atoms with Crippen LogP contribution in [0, 0.1) is 25.7 Å². The zero-order valence-electron chi connectivity index (χ0n) is 20.9. The van der Waals surface area contributed by atoms with E-state index in [0.29, 0.717) is 25.1 Å². The Bertz CT molecular complexity index is 1200. The number of nitrogens with zero attached hydrogens (tertiary/aromatic N) is 1. The molecule has 3 N–H and O–H groups in total. The number of aryl methyl sites for hydroxylation is 2. The first-order valence-corrected chi connectivity index (χ1v) is 12.5. The van der Waals surface area contributed by atoms with E-state index in [-0.39, 0.29) is 30.9 Å². The highest BCUT2D eigenvalue weighted by molar-refractivity contribution is 6.04. The Morgan fingerprint density at radius 2 is 1.86 bits per heavy atom. The van der Waals surface area contributed by atoms with Crippen LogP contribution in [0.1, 0.15) is 36.5 Å². The number of nitrogens with one attached hydrogen (secondary N) is 2. The molecule has 2 aromatic rings. The maximum Gasteiger partial charge on any atom is 0.250 e. The number of likely N-dealkylation sites (tertiary alicyclic amines) is 1. The highest BCUT2D eigenvalue weighted by Crippen LogP contribution is 2.63. The summed E-state index contributed by atoms with van der Waals surface area (Å²) in [7, 11) is 0. The molecule has 8 heteroatoms. The summed E-state index contributed by atoms with van der Waals surface area (Å²) < 4.78 is 6.56. The number of hydrogen-bond acceptors (Lipinski definition) is 5. The molecule has 3 heterocycles. The molecule has 36 heavy (non-hydrogen) atoms. The van der Waals surface area contributed by atoms with Gasteiger partial charge in [-0.05, 0) is 56.4 Å². The minimum Gasteiger partial charge on any atom is -0.395 e. The van der Waals surface area contributed by atoms with Crippen molar-refractivity contribution >= 4 is 23.4 Å². The summed E-state index contributed by atoms with van der Waals surface area (Å²) in [6.07, 6.45) is 1.07. The summed E-state index contributed by atoms with van der Waals surface area (Å²) in [6.45, 7) is 5.78. The van der Waals surface area contributed by atoms with Crippen LogP contribution >= 0.6 is 0 Å². The molecular formula is C28H33N3O5. The topological polar surface area (TPSA) is 108 Å². The summed E-state index contributed by atoms with van der Waals surface area (Å²) in [5, 5.41) is 15.7. The molecule has 2 bridgehead atoms. The Balaban J connectivity index is 1.45. The number of carbonyl (C=O) groups is 3. The zero-order valence-corrected chi connectivity index (χ0v) is 20.9. The van der Waals surface area contributed by atoms with E-state index < -0.39 is 29.1 Å². The lowest BCUT2D eigenvalue weighted by Gasteiger charge is -2.33. The van der Waals surface area contributed by atoms with Crippen molar-refractivity contribution in [2.45, 2.75) is 57.4 Å². The van der Waals surface area contributed by atoms with Gasteiger partial charge in [-0.2, -0.15) is 0 Å². The van der Waals surface area contributed by atoms with Crippen molar-refractivity contribution in [2.24, 2.45) is 11.8 Å². The molecule has 3 saturated heterocycles. The summed E-state index contributed by atoms with van der Waals surface area (Å²) in [6, 6.07) is 14.4. The van der Waals surface area contributed by atoms with Crippen LogP contribution in [0.15, 0.2) is 48.5 Å². The van der Waals surface area contributed by atoms with Gasteiger partial charge in [0.1, 0.15) is 11.6 Å². The molecule has 3 aliphatic heterocycles. The van der Waals surface area contributed by atoms with E-state index in [1.807, 2.05) is 69.3 Å². The smallest absolute Gasteiger partial charge is 0.250 e. The van der Waals surface area contributed by atoms with Gasteiger partial charge in [0, 0.05) is 18.8 Å². The first kappa shape index (κ1) is 24.5. The second kappa shape index (κ2) is 9.01. The Morgan fingerprint density at radius 1 is 1.11 bits per heavy atom. The van der Waals surface area contributed by atoms with Gasteiger partial charge in [0.25, 0.3) is 0 Å². The average molecular weight is 492 g/mol. The highest BCUT2D eigenvalue weighted by atomic mass is 16.5. The molecule has 0 radical (unpaired) electrons. The lowest BCUT2D eigenvalue weighted by Crippen LogP contribution is -2.53. The third-order valence-electron chi connectivity index (χ3n) is 8.11. The van der Waals surface area contributed by atoms with E-state index in [9.17, 15) is 19.5 Å². The van der Waals surface area contributed by atoms with Crippen LogP contribution in [-0.2, 0) is 25.7 Å². The van der Waals surface area contributed by atoms with Crippen molar-refractivity contribution in [3.63, 3.8) is 0 Å². The van der Waals surface area contributed by atoms with Crippen molar-refractivity contribution in [1.82, 2.24) is 10.2 Å². The van der Waals surface area contributed by atoms with E-state index in [1.165, 1.54) is 4.90 Å². The minimum atomic E-state index is -1.11. The monoisotopic (exact) mass is 491 g/mol. The number of ether oxygens (including phenoxy) is 1. The summed E-state index contributed by atoms with van der Waals surface area (Å²) in [5.41, 5.74) is 1.58. The second-order valence-electron chi connectivity index (χ2n) is 10.5. The molecule has 190 valence electrons. The average Bonchev–Trinajstić information content (AvgIpc) is 3.42. The highest BCUT2D eigenvalue weighted by Gasteiger charge is 2.77. The quantitative estimate of drug-likeness (QED) is 0.551. The number of carbonyl (C=O) groups excluding carboxylic acids is 3. The van der Waals surface area contributed by atoms with Crippen molar-refractivity contribution in [3.8, 4) is 0 Å². The van der Waals surface area contributed by atoms with Crippen molar-refractivity contribution in [1.29, 1.82) is 0 Å². The molecule has 8 nitrogen and oxygen atoms in total. The molecule has 5 atom stereocenters. The normalized spacial score (nSPS) is 30.4. The number of aliphatic hydroxyl groups excluding tert-OH is 1. The third-order valence-corrected chi connectivity index (χ3v) is 8.11. The Morgan fingerprint density at radius 3 is 2.58 bits per heavy atom. The number of anilines is 1. The van der Waals surface area contributed by atoms with Gasteiger partial charge < -0.3 is 25.4 Å². The number of aliphatic hydroxyl groups is 1. The number of benzene rings is 2. The first-order chi connectivity index (χ1) is 17.2. The van der Waals surface area contributed by atoms with Crippen LogP contribution in [0.4, 0.5) is 5.69 Å². The summed E-state index contributed by atoms with van der Waals surface area (Å²) in [5.74, 6) is -2.42. The van der Waals surface area contributed by atoms with E-state index in [1.54, 1.807) is 0 Å². The number of amides is 3. The SMILES string of the molecule is Cc1ccc(C)c(NC(=O)C2N(CCO)C(=O)[C@@H]3[C@H](C(=O)NCc4ccccc4)[C@]4(C)CCC23O4)c1. The molecule has 3 aliphatic rings. The number of β-amino-alcohol motifs (C(OH)–C–C–N with tert-alkyl or cyclic N) is 1. The summed E-state index contributed by atoms with van der Waals surface area (Å²) >= 11 is 0. The molecule has 2 aromatic carbocycles. The number of rotatable bonds is 7. The van der Waals surface area contributed by atoms with Gasteiger partial charge >= 0.3 is 0 Å². The fourth-order valence-electron chi connectivity index (χ4n) is 6.44. The van der Waals surface area contributed by atoms with E-state index in [0.717, 1.165) is 16.7 Å². The number of fused-ring (bicyclic) bond motifs is 1. The molecule has 0 aliphatic carbocycles. The lowest BCUT2D eigenvalue weighted by atomic mass is 9.66. The standard InChI is InChI=1S/C28H33N3O5/c1-17-9-10-18(2)20(15-17)30-25(34)23-28-12-11-27(3,36-28)21(22(28)26(35)31(23)13-14-32)24(33)29-16-19-7-5-4-6-8-19/h4-10,15,21-23,32H,11-14,16H2,1-3H3,(H,29,33)(H,30,34)/t21-,22+,23?,27+,28?/m1/s1. The van der Waals surface area contributed by atoms with Crippen molar-refractivity contribution < 1.29 is 24.2 Å². The predicted molar refractivity (Wildman–Crippen MR) is 134 cm³/mol. The van der Waals surface area contributed by atoms with Crippen LogP contribution in [-0.4, -0.2) is 58.1 Å². The third kappa shape index (κ3) is 3.79. The molecule has 3 fully saturated rings. The summed E-state index contributed by atoms with van der Waals surface area (Å²) in [4.78, 5) is 42.4. The van der Waals surface area contributed by atoms with Crippen LogP contribution in [0.2, 0.25) is 0 Å². The van der Waals surface area contributed by atoms with Crippen LogP contribution in [0.25, 0.3) is 0 Å². The Hall–Kier alpha value is -3.23. The van der Waals surface area contributed by atoms with E-state index >= 15 is 0 Å². The van der Waals surface area contributed by atoms with Gasteiger partial charge in [0.2, 0.25) is 17.7 Å². The van der Waals surface area contributed by atoms with Gasteiger partial charge in [0.15, 0.2) is 0 Å². The van der Waals surface area contributed by atoms with Crippen LogP contribution in [0.5, 0.6) is 0 Å². The Labute approximate surface area is 211 Å². The van der Waals surface area contributed by atoms with E-state index in [2.05, 4.69) is 10.6 Å². The maximum atomic E-state index is 13.8. The van der Waals surface area contributed by atoms with Gasteiger partial charge in [-0.15, -0.1) is 0 Å². The largest absolute Gasteiger partial charge is 0.395 e. The Kier molecular flexibility index (Phi) is 6.12. The zero-order chi connectivity index (χ0) is 25.7. The molecule has 0 saturated carbocycles. The molecule has 0 aromatic heterocycles. The first-order valence-electron chi connectivity index (χ1n) is 12.5. The molecule has 5 rings (SSSR count). The molecule has 3 amide bonds.